The Labute approximate surface area is 296 Å². The van der Waals surface area contributed by atoms with E-state index < -0.39 is 5.66 Å². The number of aromatic nitrogens is 2. The highest BCUT2D eigenvalue weighted by molar-refractivity contribution is 6.19. The van der Waals surface area contributed by atoms with Gasteiger partial charge in [0.25, 0.3) is 0 Å². The van der Waals surface area contributed by atoms with Gasteiger partial charge in [0.2, 0.25) is 0 Å². The highest BCUT2D eigenvalue weighted by Crippen LogP contribution is 2.40. The van der Waals surface area contributed by atoms with Crippen LogP contribution >= 0.6 is 0 Å². The lowest BCUT2D eigenvalue weighted by molar-refractivity contribution is 0.123. The number of benzene rings is 7. The van der Waals surface area contributed by atoms with Crippen LogP contribution in [0.3, 0.4) is 0 Å². The number of rotatable bonds is 5. The van der Waals surface area contributed by atoms with Gasteiger partial charge >= 0.3 is 0 Å². The predicted octanol–water partition coefficient (Wildman–Crippen LogP) is 10.2. The molecule has 1 fully saturated rings. The molecule has 0 amide bonds. The Morgan fingerprint density at radius 2 is 0.843 bits per heavy atom. The molecule has 10 rings (SSSR count). The summed E-state index contributed by atoms with van der Waals surface area (Å²) in [6.45, 7) is 2.23. The zero-order valence-electron chi connectivity index (χ0n) is 28.3. The van der Waals surface area contributed by atoms with E-state index in [1.165, 1.54) is 66.0 Å². The van der Waals surface area contributed by atoms with Crippen molar-refractivity contribution in [3.05, 3.63) is 193 Å². The summed E-state index contributed by atoms with van der Waals surface area (Å²) in [5, 5.41) is 16.6. The maximum Gasteiger partial charge on any atom is 0.0949 e. The van der Waals surface area contributed by atoms with Gasteiger partial charge in [0.1, 0.15) is 0 Å². The first-order valence-corrected chi connectivity index (χ1v) is 17.7. The first-order valence-electron chi connectivity index (χ1n) is 17.7. The molecule has 0 bridgehead atoms. The molecular weight excluding hydrogens is 623 g/mol. The van der Waals surface area contributed by atoms with Crippen molar-refractivity contribution >= 4 is 43.6 Å². The quantitative estimate of drug-likeness (QED) is 0.172. The van der Waals surface area contributed by atoms with Crippen molar-refractivity contribution in [3.63, 3.8) is 0 Å². The third-order valence-electron chi connectivity index (χ3n) is 10.6. The fraction of sp³-hybridized carbons (Fsp3) is 0.0870. The highest BCUT2D eigenvalue weighted by atomic mass is 15.4. The summed E-state index contributed by atoms with van der Waals surface area (Å²) in [5.41, 5.74) is 10.2. The maximum atomic E-state index is 3.90. The molecule has 1 aliphatic heterocycles. The fourth-order valence-electron chi connectivity index (χ4n) is 8.19. The summed E-state index contributed by atoms with van der Waals surface area (Å²) in [5.74, 6) is 0. The van der Waals surface area contributed by atoms with Gasteiger partial charge in [-0.2, -0.15) is 0 Å². The van der Waals surface area contributed by atoms with Gasteiger partial charge in [0.15, 0.2) is 0 Å². The lowest BCUT2D eigenvalue weighted by Crippen LogP contribution is -2.64. The number of fused-ring (bicyclic) bond motifs is 6. The second-order valence-corrected chi connectivity index (χ2v) is 13.7. The van der Waals surface area contributed by atoms with Gasteiger partial charge in [-0.1, -0.05) is 127 Å². The van der Waals surface area contributed by atoms with Crippen molar-refractivity contribution in [2.24, 2.45) is 0 Å². The monoisotopic (exact) mass is 659 g/mol. The van der Waals surface area contributed by atoms with Crippen LogP contribution in [-0.4, -0.2) is 9.13 Å². The summed E-state index contributed by atoms with van der Waals surface area (Å²) in [7, 11) is 0. The van der Waals surface area contributed by atoms with Gasteiger partial charge in [-0.15, -0.1) is 0 Å². The Balaban J connectivity index is 1.10. The molecule has 7 aromatic carbocycles. The van der Waals surface area contributed by atoms with Crippen LogP contribution in [0.2, 0.25) is 0 Å². The van der Waals surface area contributed by atoms with Gasteiger partial charge < -0.3 is 9.13 Å². The van der Waals surface area contributed by atoms with E-state index in [0.29, 0.717) is 0 Å². The average molecular weight is 660 g/mol. The van der Waals surface area contributed by atoms with E-state index in [1.807, 2.05) is 0 Å². The maximum absolute atomic E-state index is 3.90. The largest absolute Gasteiger partial charge is 0.309 e. The summed E-state index contributed by atoms with van der Waals surface area (Å²) in [6, 6.07) is 63.3. The molecular formula is C46H37N5. The van der Waals surface area contributed by atoms with E-state index >= 15 is 0 Å². The van der Waals surface area contributed by atoms with Crippen molar-refractivity contribution in [3.8, 4) is 11.4 Å². The zero-order valence-corrected chi connectivity index (χ0v) is 28.3. The molecule has 1 saturated heterocycles. The van der Waals surface area contributed by atoms with Crippen LogP contribution in [0.5, 0.6) is 0 Å². The molecule has 0 saturated carbocycles. The van der Waals surface area contributed by atoms with Crippen molar-refractivity contribution in [2.75, 3.05) is 0 Å². The summed E-state index contributed by atoms with van der Waals surface area (Å²) in [4.78, 5) is 0. The molecule has 3 atom stereocenters. The van der Waals surface area contributed by atoms with Crippen LogP contribution in [0, 0.1) is 0 Å². The number of hydrogen-bond donors (Lipinski definition) is 3. The molecule has 3 unspecified atom stereocenters. The van der Waals surface area contributed by atoms with E-state index in [4.69, 9.17) is 0 Å². The van der Waals surface area contributed by atoms with Gasteiger partial charge in [0.05, 0.1) is 40.1 Å². The third-order valence-corrected chi connectivity index (χ3v) is 10.6. The Hall–Kier alpha value is -5.98. The average Bonchev–Trinajstić information content (AvgIpc) is 3.70. The molecule has 3 heterocycles. The summed E-state index contributed by atoms with van der Waals surface area (Å²) >= 11 is 0. The lowest BCUT2D eigenvalue weighted by Gasteiger charge is -2.46. The molecule has 51 heavy (non-hydrogen) atoms. The standard InChI is InChI=1S/C46H37N5/c1-46(33-17-7-3-8-18-33)48-44(31-15-5-2-6-16-31)47-45(49-46)32-25-27-35(28-26-32)51-41-24-14-12-22-37(41)39-29-42-38(30-43(39)51)36-21-11-13-23-40(36)50(42)34-19-9-4-10-20-34/h2-30,44-45,47-49H,1H3. The van der Waals surface area contributed by atoms with Crippen molar-refractivity contribution in [1.82, 2.24) is 25.1 Å². The second kappa shape index (κ2) is 11.8. The Morgan fingerprint density at radius 1 is 0.412 bits per heavy atom. The second-order valence-electron chi connectivity index (χ2n) is 13.7. The summed E-state index contributed by atoms with van der Waals surface area (Å²) < 4.78 is 4.82. The van der Waals surface area contributed by atoms with E-state index in [9.17, 15) is 0 Å². The SMILES string of the molecule is CC1(c2ccccc2)NC(c2ccccc2)NC(c2ccc(-n3c4ccccc4c4cc5c(cc43)c3ccccc3n5-c3ccccc3)cc2)N1. The third kappa shape index (κ3) is 4.89. The molecule has 1 aliphatic rings. The zero-order chi connectivity index (χ0) is 33.9. The van der Waals surface area contributed by atoms with Gasteiger partial charge in [-0.3, -0.25) is 16.0 Å². The van der Waals surface area contributed by atoms with Crippen molar-refractivity contribution in [2.45, 2.75) is 24.9 Å². The number of para-hydroxylation sites is 3. The molecule has 0 aliphatic carbocycles. The van der Waals surface area contributed by atoms with E-state index in [2.05, 4.69) is 208 Å². The van der Waals surface area contributed by atoms with Crippen LogP contribution in [-0.2, 0) is 5.66 Å². The van der Waals surface area contributed by atoms with E-state index in [-0.39, 0.29) is 12.3 Å². The molecule has 5 nitrogen and oxygen atoms in total. The smallest absolute Gasteiger partial charge is 0.0949 e. The minimum absolute atomic E-state index is 0.0416. The Kier molecular flexibility index (Phi) is 6.93. The number of nitrogens with one attached hydrogen (secondary N) is 3. The predicted molar refractivity (Wildman–Crippen MR) is 210 cm³/mol. The molecule has 0 radical (unpaired) electrons. The van der Waals surface area contributed by atoms with Gasteiger partial charge in [-0.25, -0.2) is 0 Å². The van der Waals surface area contributed by atoms with Crippen LogP contribution in [0.25, 0.3) is 55.0 Å². The minimum Gasteiger partial charge on any atom is -0.309 e. The highest BCUT2D eigenvalue weighted by Gasteiger charge is 2.38. The van der Waals surface area contributed by atoms with E-state index in [0.717, 1.165) is 5.69 Å². The lowest BCUT2D eigenvalue weighted by atomic mass is 9.96. The van der Waals surface area contributed by atoms with Crippen molar-refractivity contribution < 1.29 is 0 Å². The first-order chi connectivity index (χ1) is 25.1. The first kappa shape index (κ1) is 29.9. The van der Waals surface area contributed by atoms with Crippen LogP contribution in [0.1, 0.15) is 35.9 Å². The summed E-state index contributed by atoms with van der Waals surface area (Å²) in [6.07, 6.45) is -0.127. The van der Waals surface area contributed by atoms with E-state index in [1.54, 1.807) is 0 Å². The van der Waals surface area contributed by atoms with Crippen molar-refractivity contribution in [1.29, 1.82) is 0 Å². The van der Waals surface area contributed by atoms with Crippen LogP contribution in [0.15, 0.2) is 176 Å². The van der Waals surface area contributed by atoms with Gasteiger partial charge in [-0.05, 0) is 72.1 Å². The molecule has 3 N–H and O–H groups in total. The Bertz CT molecular complexity index is 2680. The molecule has 0 spiro atoms. The molecule has 9 aromatic rings. The number of nitrogens with zero attached hydrogens (tertiary/aromatic N) is 2. The molecule has 2 aromatic heterocycles. The topological polar surface area (TPSA) is 46.0 Å². The van der Waals surface area contributed by atoms with Crippen LogP contribution in [0.4, 0.5) is 0 Å². The Morgan fingerprint density at radius 3 is 1.39 bits per heavy atom. The minimum atomic E-state index is -0.451. The molecule has 5 heteroatoms. The van der Waals surface area contributed by atoms with Gasteiger partial charge in [0, 0.05) is 32.9 Å². The number of hydrogen-bond acceptors (Lipinski definition) is 3. The molecule has 246 valence electrons. The normalized spacial score (nSPS) is 19.3. The fourth-order valence-corrected chi connectivity index (χ4v) is 8.19. The van der Waals surface area contributed by atoms with Crippen LogP contribution < -0.4 is 16.0 Å².